The average molecular weight is 422 g/mol. The van der Waals surface area contributed by atoms with Crippen LogP contribution < -0.4 is 10.6 Å². The Kier molecular flexibility index (Phi) is 7.30. The third kappa shape index (κ3) is 4.90. The Morgan fingerprint density at radius 1 is 1.31 bits per heavy atom. The summed E-state index contributed by atoms with van der Waals surface area (Å²) >= 11 is 5.88. The van der Waals surface area contributed by atoms with Crippen LogP contribution in [-0.4, -0.2) is 41.8 Å². The number of alkyl halides is 1. The third-order valence-corrected chi connectivity index (χ3v) is 5.50. The van der Waals surface area contributed by atoms with Gasteiger partial charge < -0.3 is 15.4 Å². The first-order valence-corrected chi connectivity index (χ1v) is 10.1. The van der Waals surface area contributed by atoms with Gasteiger partial charge in [-0.05, 0) is 52.3 Å². The number of urea groups is 1. The highest BCUT2D eigenvalue weighted by Gasteiger charge is 2.36. The summed E-state index contributed by atoms with van der Waals surface area (Å²) in [5, 5.41) is 5.72. The molecule has 29 heavy (non-hydrogen) atoms. The van der Waals surface area contributed by atoms with Gasteiger partial charge in [0.25, 0.3) is 0 Å². The van der Waals surface area contributed by atoms with Crippen molar-refractivity contribution < 1.29 is 19.1 Å². The number of anilines is 1. The smallest absolute Gasteiger partial charge is 0.338 e. The maximum atomic E-state index is 12.7. The molecule has 2 N–H and O–H groups in total. The van der Waals surface area contributed by atoms with Gasteiger partial charge in [-0.3, -0.25) is 9.69 Å². The molecule has 8 heteroatoms. The van der Waals surface area contributed by atoms with Crippen LogP contribution in [0.25, 0.3) is 0 Å². The van der Waals surface area contributed by atoms with E-state index in [2.05, 4.69) is 10.6 Å². The van der Waals surface area contributed by atoms with Crippen LogP contribution in [0.5, 0.6) is 0 Å². The number of benzene rings is 1. The van der Waals surface area contributed by atoms with Crippen LogP contribution in [0.3, 0.4) is 0 Å². The lowest BCUT2D eigenvalue weighted by Crippen LogP contribution is -2.47. The topological polar surface area (TPSA) is 87.7 Å². The monoisotopic (exact) mass is 421 g/mol. The van der Waals surface area contributed by atoms with E-state index in [0.717, 1.165) is 0 Å². The first-order valence-electron chi connectivity index (χ1n) is 9.59. The molecule has 3 amide bonds. The SMILES string of the molecule is CCOC(=O)C1=C(C)N(CC)C(=O)NC1c1cccc(NC(=O)C(C)(C)CCl)c1. The molecule has 0 aromatic heterocycles. The molecule has 0 fully saturated rings. The van der Waals surface area contributed by atoms with Gasteiger partial charge in [-0.2, -0.15) is 0 Å². The van der Waals surface area contributed by atoms with Crippen LogP contribution in [0.4, 0.5) is 10.5 Å². The van der Waals surface area contributed by atoms with E-state index in [0.29, 0.717) is 29.1 Å². The number of esters is 1. The summed E-state index contributed by atoms with van der Waals surface area (Å²) in [6, 6.07) is 6.07. The van der Waals surface area contributed by atoms with Crippen molar-refractivity contribution in [3.05, 3.63) is 41.1 Å². The lowest BCUT2D eigenvalue weighted by molar-refractivity contribution is -0.139. The Balaban J connectivity index is 2.43. The van der Waals surface area contributed by atoms with Crippen LogP contribution in [0, 0.1) is 5.41 Å². The second-order valence-corrected chi connectivity index (χ2v) is 7.71. The van der Waals surface area contributed by atoms with Crippen molar-refractivity contribution in [2.75, 3.05) is 24.3 Å². The standard InChI is InChI=1S/C21H28ClN3O4/c1-6-25-13(3)16(18(26)29-7-2)17(24-20(25)28)14-9-8-10-15(11-14)23-19(27)21(4,5)12-22/h8-11,17H,6-7,12H2,1-5H3,(H,23,27)(H,24,28). The molecule has 1 aromatic carbocycles. The Bertz CT molecular complexity index is 835. The molecule has 1 heterocycles. The molecule has 1 aliphatic rings. The molecule has 0 saturated carbocycles. The van der Waals surface area contributed by atoms with Crippen LogP contribution in [-0.2, 0) is 14.3 Å². The van der Waals surface area contributed by atoms with Gasteiger partial charge >= 0.3 is 12.0 Å². The summed E-state index contributed by atoms with van der Waals surface area (Å²) < 4.78 is 5.23. The van der Waals surface area contributed by atoms with Gasteiger partial charge in [-0.1, -0.05) is 12.1 Å². The maximum Gasteiger partial charge on any atom is 0.338 e. The molecule has 1 unspecified atom stereocenters. The number of carbonyl (C=O) groups excluding carboxylic acids is 3. The zero-order valence-electron chi connectivity index (χ0n) is 17.5. The zero-order chi connectivity index (χ0) is 21.8. The Morgan fingerprint density at radius 3 is 2.59 bits per heavy atom. The highest BCUT2D eigenvalue weighted by molar-refractivity contribution is 6.20. The third-order valence-electron chi connectivity index (χ3n) is 4.83. The van der Waals surface area contributed by atoms with Gasteiger partial charge in [-0.25, -0.2) is 9.59 Å². The molecular weight excluding hydrogens is 394 g/mol. The van der Waals surface area contributed by atoms with Gasteiger partial charge in [0.2, 0.25) is 5.91 Å². The van der Waals surface area contributed by atoms with E-state index in [1.807, 2.05) is 6.92 Å². The number of amides is 3. The Labute approximate surface area is 176 Å². The van der Waals surface area contributed by atoms with Crippen molar-refractivity contribution in [2.45, 2.75) is 40.7 Å². The largest absolute Gasteiger partial charge is 0.463 e. The lowest BCUT2D eigenvalue weighted by Gasteiger charge is -2.35. The first-order chi connectivity index (χ1) is 13.7. The number of nitrogens with one attached hydrogen (secondary N) is 2. The number of hydrogen-bond acceptors (Lipinski definition) is 4. The van der Waals surface area contributed by atoms with Gasteiger partial charge in [0, 0.05) is 23.8 Å². The van der Waals surface area contributed by atoms with Crippen molar-refractivity contribution in [1.82, 2.24) is 10.2 Å². The molecule has 0 bridgehead atoms. The number of halogens is 1. The normalized spacial score (nSPS) is 17.1. The van der Waals surface area contributed by atoms with Crippen molar-refractivity contribution in [1.29, 1.82) is 0 Å². The fraction of sp³-hybridized carbons (Fsp3) is 0.476. The van der Waals surface area contributed by atoms with E-state index in [-0.39, 0.29) is 24.4 Å². The molecule has 0 saturated heterocycles. The number of allylic oxidation sites excluding steroid dienone is 1. The van der Waals surface area contributed by atoms with Crippen molar-refractivity contribution >= 4 is 35.2 Å². The molecule has 1 atom stereocenters. The van der Waals surface area contributed by atoms with Gasteiger partial charge in [0.1, 0.15) is 0 Å². The Hall–Kier alpha value is -2.54. The fourth-order valence-corrected chi connectivity index (χ4v) is 3.16. The number of rotatable bonds is 7. The quantitative estimate of drug-likeness (QED) is 0.517. The van der Waals surface area contributed by atoms with Crippen LogP contribution in [0.15, 0.2) is 35.5 Å². The first kappa shape index (κ1) is 22.7. The van der Waals surface area contributed by atoms with Gasteiger partial charge in [0.05, 0.1) is 23.6 Å². The Morgan fingerprint density at radius 2 is 2.00 bits per heavy atom. The van der Waals surface area contributed by atoms with E-state index in [4.69, 9.17) is 16.3 Å². The number of nitrogens with zero attached hydrogens (tertiary/aromatic N) is 1. The summed E-state index contributed by atoms with van der Waals surface area (Å²) in [6.07, 6.45) is 0. The molecule has 0 radical (unpaired) electrons. The van der Waals surface area contributed by atoms with Gasteiger partial charge in [-0.15, -0.1) is 11.6 Å². The number of ether oxygens (including phenoxy) is 1. The molecule has 0 aliphatic carbocycles. The van der Waals surface area contributed by atoms with Crippen LogP contribution in [0.2, 0.25) is 0 Å². The van der Waals surface area contributed by atoms with E-state index in [9.17, 15) is 14.4 Å². The highest BCUT2D eigenvalue weighted by atomic mass is 35.5. The minimum absolute atomic E-state index is 0.180. The minimum atomic E-state index is -0.731. The van der Waals surface area contributed by atoms with E-state index in [1.54, 1.807) is 52.0 Å². The second kappa shape index (κ2) is 9.31. The molecule has 0 spiro atoms. The van der Waals surface area contributed by atoms with Crippen molar-refractivity contribution in [2.24, 2.45) is 5.41 Å². The molecule has 2 rings (SSSR count). The summed E-state index contributed by atoms with van der Waals surface area (Å²) in [5.74, 6) is -0.517. The summed E-state index contributed by atoms with van der Waals surface area (Å²) in [5.41, 5.74) is 1.41. The lowest BCUT2D eigenvalue weighted by atomic mass is 9.93. The van der Waals surface area contributed by atoms with Crippen LogP contribution >= 0.6 is 11.6 Å². The second-order valence-electron chi connectivity index (χ2n) is 7.44. The van der Waals surface area contributed by atoms with Crippen LogP contribution in [0.1, 0.15) is 46.2 Å². The summed E-state index contributed by atoms with van der Waals surface area (Å²) in [7, 11) is 0. The van der Waals surface area contributed by atoms with Gasteiger partial charge in [0.15, 0.2) is 0 Å². The predicted octanol–water partition coefficient (Wildman–Crippen LogP) is 3.81. The van der Waals surface area contributed by atoms with Crippen molar-refractivity contribution in [3.8, 4) is 0 Å². The zero-order valence-corrected chi connectivity index (χ0v) is 18.2. The summed E-state index contributed by atoms with van der Waals surface area (Å²) in [6.45, 7) is 9.46. The molecule has 1 aliphatic heterocycles. The number of carbonyl (C=O) groups is 3. The fourth-order valence-electron chi connectivity index (χ4n) is 3.04. The molecule has 158 valence electrons. The average Bonchev–Trinajstić information content (AvgIpc) is 2.68. The van der Waals surface area contributed by atoms with E-state index < -0.39 is 17.4 Å². The predicted molar refractivity (Wildman–Crippen MR) is 113 cm³/mol. The van der Waals surface area contributed by atoms with E-state index in [1.165, 1.54) is 4.90 Å². The molecule has 1 aromatic rings. The van der Waals surface area contributed by atoms with E-state index >= 15 is 0 Å². The molecular formula is C21H28ClN3O4. The maximum absolute atomic E-state index is 12.7. The number of hydrogen-bond donors (Lipinski definition) is 2. The highest BCUT2D eigenvalue weighted by Crippen LogP contribution is 2.32. The minimum Gasteiger partial charge on any atom is -0.463 e. The molecule has 7 nitrogen and oxygen atoms in total. The van der Waals surface area contributed by atoms with Crippen molar-refractivity contribution in [3.63, 3.8) is 0 Å². The summed E-state index contributed by atoms with van der Waals surface area (Å²) in [4.78, 5) is 39.1.